The lowest BCUT2D eigenvalue weighted by Crippen LogP contribution is -2.40. The number of rotatable bonds is 6. The molecular formula is C15H25N5O2. The van der Waals surface area contributed by atoms with E-state index >= 15 is 0 Å². The Morgan fingerprint density at radius 3 is 2.95 bits per heavy atom. The molecule has 0 aromatic carbocycles. The number of hydrogen-bond acceptors (Lipinski definition) is 5. The third-order valence-electron chi connectivity index (χ3n) is 4.46. The molecule has 0 bridgehead atoms. The summed E-state index contributed by atoms with van der Waals surface area (Å²) < 4.78 is 5.05. The van der Waals surface area contributed by atoms with Crippen LogP contribution in [-0.2, 0) is 13.0 Å². The Morgan fingerprint density at radius 1 is 1.45 bits per heavy atom. The Morgan fingerprint density at radius 2 is 2.27 bits per heavy atom. The first kappa shape index (κ1) is 15.3. The van der Waals surface area contributed by atoms with Crippen molar-refractivity contribution in [1.29, 1.82) is 0 Å². The van der Waals surface area contributed by atoms with E-state index in [0.29, 0.717) is 30.6 Å². The van der Waals surface area contributed by atoms with Gasteiger partial charge in [0.2, 0.25) is 5.89 Å². The minimum Gasteiger partial charge on any atom is -0.339 e. The van der Waals surface area contributed by atoms with Crippen LogP contribution in [0.15, 0.2) is 4.52 Å². The summed E-state index contributed by atoms with van der Waals surface area (Å²) in [5.74, 6) is 1.74. The number of aryl methyl sites for hydroxylation is 1. The molecule has 0 unspecified atom stereocenters. The molecule has 2 aliphatic rings. The van der Waals surface area contributed by atoms with Crippen LogP contribution in [-0.4, -0.2) is 58.7 Å². The van der Waals surface area contributed by atoms with Crippen molar-refractivity contribution in [3.05, 3.63) is 11.7 Å². The van der Waals surface area contributed by atoms with E-state index in [9.17, 15) is 4.79 Å². The van der Waals surface area contributed by atoms with Gasteiger partial charge in [0.15, 0.2) is 5.82 Å². The van der Waals surface area contributed by atoms with Crippen molar-refractivity contribution >= 4 is 6.03 Å². The maximum atomic E-state index is 12.1. The predicted molar refractivity (Wildman–Crippen MR) is 81.2 cm³/mol. The van der Waals surface area contributed by atoms with E-state index in [1.54, 1.807) is 11.9 Å². The van der Waals surface area contributed by atoms with Crippen LogP contribution in [0.1, 0.15) is 37.9 Å². The van der Waals surface area contributed by atoms with Gasteiger partial charge in [0.05, 0.1) is 6.54 Å². The highest BCUT2D eigenvalue weighted by Crippen LogP contribution is 2.31. The SMILES string of the molecule is CCc1nc(CN(C)C(=O)NC[C@H]2CCN(C3CC3)C2)no1. The van der Waals surface area contributed by atoms with Gasteiger partial charge in [-0.15, -0.1) is 0 Å². The molecular weight excluding hydrogens is 282 g/mol. The molecule has 122 valence electrons. The molecule has 1 saturated heterocycles. The summed E-state index contributed by atoms with van der Waals surface area (Å²) in [6.45, 7) is 5.39. The molecule has 7 nitrogen and oxygen atoms in total. The summed E-state index contributed by atoms with van der Waals surface area (Å²) in [4.78, 5) is 20.5. The molecule has 2 heterocycles. The van der Waals surface area contributed by atoms with Crippen LogP contribution in [0.2, 0.25) is 0 Å². The quantitative estimate of drug-likeness (QED) is 0.856. The number of urea groups is 1. The molecule has 0 spiro atoms. The molecule has 1 atom stereocenters. The van der Waals surface area contributed by atoms with E-state index in [4.69, 9.17) is 4.52 Å². The lowest BCUT2D eigenvalue weighted by molar-refractivity contribution is 0.203. The fourth-order valence-corrected chi connectivity index (χ4v) is 2.95. The topological polar surface area (TPSA) is 74.5 Å². The lowest BCUT2D eigenvalue weighted by atomic mass is 10.1. The van der Waals surface area contributed by atoms with Gasteiger partial charge in [-0.25, -0.2) is 4.79 Å². The van der Waals surface area contributed by atoms with Gasteiger partial charge in [0.25, 0.3) is 0 Å². The van der Waals surface area contributed by atoms with E-state index in [-0.39, 0.29) is 6.03 Å². The summed E-state index contributed by atoms with van der Waals surface area (Å²) in [6, 6.07) is 0.752. The molecule has 1 aromatic rings. The van der Waals surface area contributed by atoms with Gasteiger partial charge in [-0.1, -0.05) is 12.1 Å². The van der Waals surface area contributed by atoms with Gasteiger partial charge < -0.3 is 19.6 Å². The van der Waals surface area contributed by atoms with Crippen LogP contribution >= 0.6 is 0 Å². The second-order valence-electron chi connectivity index (χ2n) is 6.38. The summed E-state index contributed by atoms with van der Waals surface area (Å²) >= 11 is 0. The number of nitrogens with one attached hydrogen (secondary N) is 1. The average Bonchev–Trinajstić information content (AvgIpc) is 3.09. The minimum absolute atomic E-state index is 0.0762. The number of carbonyl (C=O) groups excluding carboxylic acids is 1. The van der Waals surface area contributed by atoms with Crippen molar-refractivity contribution in [2.45, 2.75) is 45.2 Å². The third-order valence-corrected chi connectivity index (χ3v) is 4.46. The molecule has 1 aliphatic carbocycles. The zero-order valence-corrected chi connectivity index (χ0v) is 13.4. The summed E-state index contributed by atoms with van der Waals surface area (Å²) in [5, 5.41) is 6.89. The lowest BCUT2D eigenvalue weighted by Gasteiger charge is -2.18. The van der Waals surface area contributed by atoms with Crippen LogP contribution in [0.5, 0.6) is 0 Å². The number of nitrogens with zero attached hydrogens (tertiary/aromatic N) is 4. The zero-order chi connectivity index (χ0) is 15.5. The molecule has 2 fully saturated rings. The summed E-state index contributed by atoms with van der Waals surface area (Å²) in [7, 11) is 1.75. The second-order valence-corrected chi connectivity index (χ2v) is 6.38. The van der Waals surface area contributed by atoms with Crippen LogP contribution < -0.4 is 5.32 Å². The van der Waals surface area contributed by atoms with Gasteiger partial charge in [-0.2, -0.15) is 4.98 Å². The first-order chi connectivity index (χ1) is 10.7. The molecule has 0 radical (unpaired) electrons. The number of likely N-dealkylation sites (tertiary alicyclic amines) is 1. The number of hydrogen-bond donors (Lipinski definition) is 1. The van der Waals surface area contributed by atoms with E-state index in [0.717, 1.165) is 19.1 Å². The van der Waals surface area contributed by atoms with Gasteiger partial charge >= 0.3 is 6.03 Å². The molecule has 1 aliphatic heterocycles. The van der Waals surface area contributed by atoms with Gasteiger partial charge in [-0.05, 0) is 31.7 Å². The van der Waals surface area contributed by atoms with Crippen molar-refractivity contribution in [1.82, 2.24) is 25.3 Å². The molecule has 1 saturated carbocycles. The van der Waals surface area contributed by atoms with Gasteiger partial charge in [0.1, 0.15) is 0 Å². The Bertz CT molecular complexity index is 514. The normalized spacial score (nSPS) is 22.0. The van der Waals surface area contributed by atoms with Gasteiger partial charge in [-0.3, -0.25) is 0 Å². The van der Waals surface area contributed by atoms with Crippen LogP contribution in [0, 0.1) is 5.92 Å². The van der Waals surface area contributed by atoms with Crippen LogP contribution in [0.4, 0.5) is 4.79 Å². The van der Waals surface area contributed by atoms with Crippen LogP contribution in [0.3, 0.4) is 0 Å². The predicted octanol–water partition coefficient (Wildman–Crippen LogP) is 1.26. The Hall–Kier alpha value is -1.63. The molecule has 7 heteroatoms. The van der Waals surface area contributed by atoms with Crippen molar-refractivity contribution in [3.8, 4) is 0 Å². The van der Waals surface area contributed by atoms with E-state index < -0.39 is 0 Å². The third kappa shape index (κ3) is 3.76. The Balaban J connectivity index is 1.39. The van der Waals surface area contributed by atoms with E-state index in [1.165, 1.54) is 25.8 Å². The Labute approximate surface area is 131 Å². The van der Waals surface area contributed by atoms with Crippen molar-refractivity contribution in [3.63, 3.8) is 0 Å². The van der Waals surface area contributed by atoms with E-state index in [2.05, 4.69) is 20.4 Å². The maximum absolute atomic E-state index is 12.1. The highest BCUT2D eigenvalue weighted by molar-refractivity contribution is 5.73. The standard InChI is InChI=1S/C15H25N5O2/c1-3-14-17-13(18-22-14)10-19(2)15(21)16-8-11-6-7-20(9-11)12-4-5-12/h11-12H,3-10H2,1-2H3,(H,16,21)/t11-/m1/s1. The van der Waals surface area contributed by atoms with Crippen molar-refractivity contribution < 1.29 is 9.32 Å². The second kappa shape index (κ2) is 6.64. The fraction of sp³-hybridized carbons (Fsp3) is 0.800. The number of aromatic nitrogens is 2. The first-order valence-electron chi connectivity index (χ1n) is 8.20. The monoisotopic (exact) mass is 307 g/mol. The summed E-state index contributed by atoms with van der Waals surface area (Å²) in [5.41, 5.74) is 0. The highest BCUT2D eigenvalue weighted by Gasteiger charge is 2.34. The first-order valence-corrected chi connectivity index (χ1v) is 8.20. The highest BCUT2D eigenvalue weighted by atomic mass is 16.5. The summed E-state index contributed by atoms with van der Waals surface area (Å²) in [6.07, 6.45) is 4.60. The zero-order valence-electron chi connectivity index (χ0n) is 13.4. The van der Waals surface area contributed by atoms with Gasteiger partial charge in [0, 0.05) is 32.6 Å². The molecule has 2 amide bonds. The molecule has 1 aromatic heterocycles. The van der Waals surface area contributed by atoms with Crippen LogP contribution in [0.25, 0.3) is 0 Å². The minimum atomic E-state index is -0.0762. The van der Waals surface area contributed by atoms with Crippen molar-refractivity contribution in [2.24, 2.45) is 5.92 Å². The fourth-order valence-electron chi connectivity index (χ4n) is 2.95. The number of carbonyl (C=O) groups is 1. The average molecular weight is 307 g/mol. The molecule has 22 heavy (non-hydrogen) atoms. The molecule has 1 N–H and O–H groups in total. The van der Waals surface area contributed by atoms with E-state index in [1.807, 2.05) is 6.92 Å². The van der Waals surface area contributed by atoms with Crippen molar-refractivity contribution in [2.75, 3.05) is 26.7 Å². The smallest absolute Gasteiger partial charge is 0.317 e. The largest absolute Gasteiger partial charge is 0.339 e. The number of amides is 2. The maximum Gasteiger partial charge on any atom is 0.317 e. The Kier molecular flexibility index (Phi) is 4.61. The molecule has 3 rings (SSSR count).